The third-order valence-corrected chi connectivity index (χ3v) is 3.13. The number of benzene rings is 1. The average Bonchev–Trinajstić information content (AvgIpc) is 2.13. The highest BCUT2D eigenvalue weighted by Gasteiger charge is 2.05. The van der Waals surface area contributed by atoms with E-state index in [1.165, 1.54) is 5.56 Å². The Morgan fingerprint density at radius 1 is 1.46 bits per heavy atom. The van der Waals surface area contributed by atoms with Crippen molar-refractivity contribution in [1.82, 2.24) is 0 Å². The highest BCUT2D eigenvalue weighted by molar-refractivity contribution is 9.10. The van der Waals surface area contributed by atoms with Crippen LogP contribution in [-0.2, 0) is 6.42 Å². The molecular weight excluding hydrogens is 230 g/mol. The van der Waals surface area contributed by atoms with Gasteiger partial charge in [-0.2, -0.15) is 0 Å². The SMILES string of the molecule is Cc1c(CCCN)ccc(O)c1Br. The standard InChI is InChI=1S/C10H14BrNO/c1-7-8(3-2-6-12)4-5-9(13)10(7)11/h4-5,13H,2-3,6,12H2,1H3. The van der Waals surface area contributed by atoms with Crippen LogP contribution in [0.15, 0.2) is 16.6 Å². The molecule has 0 atom stereocenters. The quantitative estimate of drug-likeness (QED) is 0.857. The molecule has 0 aromatic heterocycles. The van der Waals surface area contributed by atoms with Crippen LogP contribution in [0.3, 0.4) is 0 Å². The van der Waals surface area contributed by atoms with Crippen molar-refractivity contribution < 1.29 is 5.11 Å². The molecule has 0 heterocycles. The summed E-state index contributed by atoms with van der Waals surface area (Å²) in [4.78, 5) is 0. The number of rotatable bonds is 3. The van der Waals surface area contributed by atoms with E-state index in [0.29, 0.717) is 12.3 Å². The van der Waals surface area contributed by atoms with Crippen LogP contribution in [-0.4, -0.2) is 11.7 Å². The Balaban J connectivity index is 2.90. The van der Waals surface area contributed by atoms with Gasteiger partial charge in [-0.15, -0.1) is 0 Å². The first-order chi connectivity index (χ1) is 6.16. The van der Waals surface area contributed by atoms with E-state index >= 15 is 0 Å². The van der Waals surface area contributed by atoms with Crippen molar-refractivity contribution in [3.63, 3.8) is 0 Å². The molecular formula is C10H14BrNO. The molecule has 2 nitrogen and oxygen atoms in total. The number of hydrogen-bond acceptors (Lipinski definition) is 2. The van der Waals surface area contributed by atoms with E-state index in [1.807, 2.05) is 13.0 Å². The fourth-order valence-electron chi connectivity index (χ4n) is 1.27. The second-order valence-corrected chi connectivity index (χ2v) is 3.87. The zero-order chi connectivity index (χ0) is 9.84. The summed E-state index contributed by atoms with van der Waals surface area (Å²) in [6, 6.07) is 3.66. The molecule has 13 heavy (non-hydrogen) atoms. The number of phenols is 1. The van der Waals surface area contributed by atoms with Crippen molar-refractivity contribution >= 4 is 15.9 Å². The lowest BCUT2D eigenvalue weighted by atomic mass is 10.0. The molecule has 0 spiro atoms. The van der Waals surface area contributed by atoms with E-state index < -0.39 is 0 Å². The summed E-state index contributed by atoms with van der Waals surface area (Å²) in [7, 11) is 0. The second kappa shape index (κ2) is 4.63. The topological polar surface area (TPSA) is 46.2 Å². The number of aryl methyl sites for hydroxylation is 1. The number of hydrogen-bond donors (Lipinski definition) is 2. The van der Waals surface area contributed by atoms with Crippen molar-refractivity contribution in [1.29, 1.82) is 0 Å². The first-order valence-corrected chi connectivity index (χ1v) is 5.13. The third-order valence-electron chi connectivity index (χ3n) is 2.13. The van der Waals surface area contributed by atoms with E-state index in [-0.39, 0.29) is 0 Å². The van der Waals surface area contributed by atoms with Gasteiger partial charge in [-0.25, -0.2) is 0 Å². The Bertz CT molecular complexity index is 299. The van der Waals surface area contributed by atoms with E-state index in [9.17, 15) is 5.11 Å². The molecule has 3 N–H and O–H groups in total. The summed E-state index contributed by atoms with van der Waals surface area (Å²) in [6.45, 7) is 2.70. The summed E-state index contributed by atoms with van der Waals surface area (Å²) in [5, 5.41) is 9.38. The molecule has 1 aromatic rings. The highest BCUT2D eigenvalue weighted by atomic mass is 79.9. The van der Waals surface area contributed by atoms with Crippen LogP contribution in [0.1, 0.15) is 17.5 Å². The Morgan fingerprint density at radius 3 is 2.77 bits per heavy atom. The Kier molecular flexibility index (Phi) is 3.75. The molecule has 0 bridgehead atoms. The fraction of sp³-hybridized carbons (Fsp3) is 0.400. The predicted molar refractivity (Wildman–Crippen MR) is 57.9 cm³/mol. The van der Waals surface area contributed by atoms with E-state index in [4.69, 9.17) is 5.73 Å². The second-order valence-electron chi connectivity index (χ2n) is 3.08. The summed E-state index contributed by atoms with van der Waals surface area (Å²) in [5.74, 6) is 0.300. The zero-order valence-electron chi connectivity index (χ0n) is 7.68. The Labute approximate surface area is 86.9 Å². The number of nitrogens with two attached hydrogens (primary N) is 1. The first-order valence-electron chi connectivity index (χ1n) is 4.34. The normalized spacial score (nSPS) is 10.4. The predicted octanol–water partition coefficient (Wildman–Crippen LogP) is 2.35. The molecule has 0 fully saturated rings. The minimum atomic E-state index is 0.300. The van der Waals surface area contributed by atoms with Gasteiger partial charge in [0.2, 0.25) is 0 Å². The minimum absolute atomic E-state index is 0.300. The maximum absolute atomic E-state index is 9.38. The Hall–Kier alpha value is -0.540. The summed E-state index contributed by atoms with van der Waals surface area (Å²) in [5.41, 5.74) is 7.78. The molecule has 3 heteroatoms. The van der Waals surface area contributed by atoms with Crippen molar-refractivity contribution in [2.75, 3.05) is 6.54 Å². The maximum Gasteiger partial charge on any atom is 0.130 e. The van der Waals surface area contributed by atoms with Crippen molar-refractivity contribution in [3.05, 3.63) is 27.7 Å². The van der Waals surface area contributed by atoms with Gasteiger partial charge in [-0.1, -0.05) is 6.07 Å². The van der Waals surface area contributed by atoms with Gasteiger partial charge >= 0.3 is 0 Å². The van der Waals surface area contributed by atoms with E-state index in [2.05, 4.69) is 15.9 Å². The van der Waals surface area contributed by atoms with Crippen LogP contribution < -0.4 is 5.73 Å². The maximum atomic E-state index is 9.38. The van der Waals surface area contributed by atoms with Crippen LogP contribution in [0, 0.1) is 6.92 Å². The van der Waals surface area contributed by atoms with Gasteiger partial charge in [0.15, 0.2) is 0 Å². The molecule has 0 aliphatic carbocycles. The van der Waals surface area contributed by atoms with Gasteiger partial charge in [0, 0.05) is 0 Å². The zero-order valence-corrected chi connectivity index (χ0v) is 9.26. The van der Waals surface area contributed by atoms with Crippen LogP contribution in [0.2, 0.25) is 0 Å². The van der Waals surface area contributed by atoms with E-state index in [0.717, 1.165) is 22.9 Å². The highest BCUT2D eigenvalue weighted by Crippen LogP contribution is 2.29. The smallest absolute Gasteiger partial charge is 0.130 e. The van der Waals surface area contributed by atoms with Gasteiger partial charge < -0.3 is 10.8 Å². The molecule has 72 valence electrons. The van der Waals surface area contributed by atoms with Gasteiger partial charge in [0.05, 0.1) is 4.47 Å². The number of halogens is 1. The summed E-state index contributed by atoms with van der Waals surface area (Å²) in [6.07, 6.45) is 1.96. The van der Waals surface area contributed by atoms with Crippen molar-refractivity contribution in [2.45, 2.75) is 19.8 Å². The van der Waals surface area contributed by atoms with Crippen LogP contribution in [0.25, 0.3) is 0 Å². The lowest BCUT2D eigenvalue weighted by Gasteiger charge is -2.08. The Morgan fingerprint density at radius 2 is 2.15 bits per heavy atom. The van der Waals surface area contributed by atoms with Crippen LogP contribution in [0.4, 0.5) is 0 Å². The third kappa shape index (κ3) is 2.45. The molecule has 1 rings (SSSR count). The fourth-order valence-corrected chi connectivity index (χ4v) is 1.66. The van der Waals surface area contributed by atoms with Crippen molar-refractivity contribution in [2.24, 2.45) is 5.73 Å². The largest absolute Gasteiger partial charge is 0.507 e. The molecule has 0 unspecified atom stereocenters. The van der Waals surface area contributed by atoms with Crippen LogP contribution in [0.5, 0.6) is 5.75 Å². The lowest BCUT2D eigenvalue weighted by molar-refractivity contribution is 0.471. The van der Waals surface area contributed by atoms with Gasteiger partial charge in [0.1, 0.15) is 5.75 Å². The van der Waals surface area contributed by atoms with Crippen molar-refractivity contribution in [3.8, 4) is 5.75 Å². The molecule has 0 amide bonds. The molecule has 0 saturated heterocycles. The number of aromatic hydroxyl groups is 1. The van der Waals surface area contributed by atoms with E-state index in [1.54, 1.807) is 6.07 Å². The van der Waals surface area contributed by atoms with Gasteiger partial charge in [-0.05, 0) is 59.4 Å². The van der Waals surface area contributed by atoms with Gasteiger partial charge in [-0.3, -0.25) is 0 Å². The molecule has 0 saturated carbocycles. The summed E-state index contributed by atoms with van der Waals surface area (Å²) < 4.78 is 0.794. The molecule has 0 radical (unpaired) electrons. The lowest BCUT2D eigenvalue weighted by Crippen LogP contribution is -2.01. The monoisotopic (exact) mass is 243 g/mol. The molecule has 1 aromatic carbocycles. The minimum Gasteiger partial charge on any atom is -0.507 e. The molecule has 0 aliphatic heterocycles. The average molecular weight is 244 g/mol. The molecule has 0 aliphatic rings. The first kappa shape index (κ1) is 10.5. The van der Waals surface area contributed by atoms with Gasteiger partial charge in [0.25, 0.3) is 0 Å². The number of phenolic OH excluding ortho intramolecular Hbond substituents is 1. The van der Waals surface area contributed by atoms with Crippen LogP contribution >= 0.6 is 15.9 Å². The summed E-state index contributed by atoms with van der Waals surface area (Å²) >= 11 is 3.34.